The third-order valence-corrected chi connectivity index (χ3v) is 6.31. The minimum Gasteiger partial charge on any atom is -0.444 e. The lowest BCUT2D eigenvalue weighted by molar-refractivity contribution is -0.126. The summed E-state index contributed by atoms with van der Waals surface area (Å²) in [5.41, 5.74) is -1.34. The highest BCUT2D eigenvalue weighted by Crippen LogP contribution is 2.42. The fraction of sp³-hybridized carbons (Fsp3) is 0.917. The lowest BCUT2D eigenvalue weighted by atomic mass is 9.80. The van der Waals surface area contributed by atoms with Crippen LogP contribution in [0.3, 0.4) is 0 Å². The third-order valence-electron chi connectivity index (χ3n) is 5.77. The second-order valence-corrected chi connectivity index (χ2v) is 12.2. The van der Waals surface area contributed by atoms with Gasteiger partial charge in [-0.05, 0) is 65.7 Å². The van der Waals surface area contributed by atoms with Gasteiger partial charge in [-0.15, -0.1) is 0 Å². The van der Waals surface area contributed by atoms with Gasteiger partial charge in [-0.1, -0.05) is 56.7 Å². The SMILES string of the molecule is CCCCNC(=O)[C@H](C)C[C@@H]1OC(C)(C)N(C(=O)OC(C)(C)C)[C@H]1CC(C)(C)CCI. The van der Waals surface area contributed by atoms with Gasteiger partial charge in [-0.25, -0.2) is 4.79 Å². The van der Waals surface area contributed by atoms with Crippen LogP contribution < -0.4 is 5.32 Å². The molecule has 0 radical (unpaired) electrons. The molecule has 0 aliphatic carbocycles. The largest absolute Gasteiger partial charge is 0.444 e. The highest BCUT2D eigenvalue weighted by molar-refractivity contribution is 14.1. The fourth-order valence-electron chi connectivity index (χ4n) is 4.11. The molecule has 2 amide bonds. The van der Waals surface area contributed by atoms with E-state index in [9.17, 15) is 9.59 Å². The van der Waals surface area contributed by atoms with Crippen molar-refractivity contribution in [3.8, 4) is 0 Å². The standard InChI is InChI=1S/C24H45IN2O4/c1-10-11-14-26-20(28)17(2)15-19-18(16-23(6,7)12-13-25)27(24(8,9)30-19)21(29)31-22(3,4)5/h17-19H,10-16H2,1-9H3,(H,26,28)/t17-,18+,19+/m1/s1. The van der Waals surface area contributed by atoms with Crippen LogP contribution >= 0.6 is 22.6 Å². The van der Waals surface area contributed by atoms with E-state index < -0.39 is 11.3 Å². The number of alkyl halides is 1. The molecule has 1 aliphatic heterocycles. The molecule has 182 valence electrons. The van der Waals surface area contributed by atoms with Gasteiger partial charge in [0.05, 0.1) is 12.1 Å². The van der Waals surface area contributed by atoms with Gasteiger partial charge in [-0.2, -0.15) is 0 Å². The number of nitrogens with zero attached hydrogens (tertiary/aromatic N) is 1. The van der Waals surface area contributed by atoms with Gasteiger partial charge in [0.15, 0.2) is 0 Å². The van der Waals surface area contributed by atoms with Crippen molar-refractivity contribution in [2.45, 2.75) is 118 Å². The number of amides is 2. The average molecular weight is 553 g/mol. The first-order valence-corrected chi connectivity index (χ1v) is 13.2. The zero-order valence-electron chi connectivity index (χ0n) is 21.1. The lowest BCUT2D eigenvalue weighted by Gasteiger charge is -2.38. The molecular formula is C24H45IN2O4. The summed E-state index contributed by atoms with van der Waals surface area (Å²) in [6.45, 7) is 18.7. The third kappa shape index (κ3) is 9.06. The second-order valence-electron chi connectivity index (χ2n) is 11.1. The second kappa shape index (κ2) is 11.5. The van der Waals surface area contributed by atoms with E-state index in [0.717, 1.165) is 30.1 Å². The lowest BCUT2D eigenvalue weighted by Crippen LogP contribution is -2.51. The first-order valence-electron chi connectivity index (χ1n) is 11.7. The topological polar surface area (TPSA) is 67.9 Å². The Bertz CT molecular complexity index is 601. The Balaban J connectivity index is 3.11. The number of rotatable bonds is 10. The maximum absolute atomic E-state index is 13.2. The molecule has 7 heteroatoms. The molecule has 1 heterocycles. The zero-order chi connectivity index (χ0) is 24.0. The maximum Gasteiger partial charge on any atom is 0.412 e. The van der Waals surface area contributed by atoms with Crippen LogP contribution in [0.4, 0.5) is 4.79 Å². The first-order chi connectivity index (χ1) is 14.1. The minimum absolute atomic E-state index is 0.0424. The van der Waals surface area contributed by atoms with E-state index in [2.05, 4.69) is 48.7 Å². The highest BCUT2D eigenvalue weighted by atomic mass is 127. The van der Waals surface area contributed by atoms with Crippen LogP contribution in [-0.4, -0.2) is 51.3 Å². The van der Waals surface area contributed by atoms with Crippen LogP contribution in [0, 0.1) is 11.3 Å². The summed E-state index contributed by atoms with van der Waals surface area (Å²) < 4.78 is 13.2. The number of carbonyl (C=O) groups excluding carboxylic acids is 2. The van der Waals surface area contributed by atoms with E-state index in [-0.39, 0.29) is 35.5 Å². The Morgan fingerprint density at radius 1 is 1.23 bits per heavy atom. The molecular weight excluding hydrogens is 507 g/mol. The van der Waals surface area contributed by atoms with Crippen LogP contribution in [0.2, 0.25) is 0 Å². The molecule has 1 rings (SSSR count). The smallest absolute Gasteiger partial charge is 0.412 e. The maximum atomic E-state index is 13.2. The Labute approximate surface area is 203 Å². The summed E-state index contributed by atoms with van der Waals surface area (Å²) in [5, 5.41) is 3.03. The minimum atomic E-state index is -0.795. The molecule has 0 spiro atoms. The van der Waals surface area contributed by atoms with Crippen LogP contribution in [0.25, 0.3) is 0 Å². The van der Waals surface area contributed by atoms with Crippen LogP contribution in [0.15, 0.2) is 0 Å². The highest BCUT2D eigenvalue weighted by Gasteiger charge is 2.52. The summed E-state index contributed by atoms with van der Waals surface area (Å²) in [6, 6.07) is -0.145. The number of halogens is 1. The van der Waals surface area contributed by atoms with Crippen molar-refractivity contribution in [2.75, 3.05) is 11.0 Å². The Morgan fingerprint density at radius 3 is 2.35 bits per heavy atom. The average Bonchev–Trinajstić information content (AvgIpc) is 2.82. The fourth-order valence-corrected chi connectivity index (χ4v) is 5.57. The van der Waals surface area contributed by atoms with Crippen molar-refractivity contribution in [3.63, 3.8) is 0 Å². The zero-order valence-corrected chi connectivity index (χ0v) is 23.3. The van der Waals surface area contributed by atoms with Gasteiger partial charge < -0.3 is 14.8 Å². The quantitative estimate of drug-likeness (QED) is 0.208. The molecule has 0 aromatic rings. The molecule has 1 N–H and O–H groups in total. The Kier molecular flexibility index (Phi) is 10.6. The van der Waals surface area contributed by atoms with E-state index in [1.165, 1.54) is 0 Å². The monoisotopic (exact) mass is 552 g/mol. The summed E-state index contributed by atoms with van der Waals surface area (Å²) in [6.07, 6.45) is 3.88. The van der Waals surface area contributed by atoms with E-state index in [1.807, 2.05) is 41.5 Å². The van der Waals surface area contributed by atoms with Crippen LogP contribution in [-0.2, 0) is 14.3 Å². The van der Waals surface area contributed by atoms with E-state index in [4.69, 9.17) is 9.47 Å². The summed E-state index contributed by atoms with van der Waals surface area (Å²) in [5.74, 6) is -0.137. The molecule has 0 aromatic heterocycles. The molecule has 0 aromatic carbocycles. The molecule has 0 bridgehead atoms. The van der Waals surface area contributed by atoms with Gasteiger partial charge in [-0.3, -0.25) is 9.69 Å². The molecule has 1 saturated heterocycles. The van der Waals surface area contributed by atoms with Gasteiger partial charge in [0, 0.05) is 16.9 Å². The van der Waals surface area contributed by atoms with Gasteiger partial charge >= 0.3 is 6.09 Å². The number of carbonyl (C=O) groups is 2. The molecule has 31 heavy (non-hydrogen) atoms. The molecule has 6 nitrogen and oxygen atoms in total. The normalized spacial score (nSPS) is 22.3. The summed E-state index contributed by atoms with van der Waals surface area (Å²) in [7, 11) is 0. The van der Waals surface area contributed by atoms with Crippen molar-refractivity contribution in [1.82, 2.24) is 10.2 Å². The van der Waals surface area contributed by atoms with E-state index >= 15 is 0 Å². The van der Waals surface area contributed by atoms with Crippen molar-refractivity contribution in [3.05, 3.63) is 0 Å². The van der Waals surface area contributed by atoms with Crippen LogP contribution in [0.1, 0.15) is 94.4 Å². The predicted molar refractivity (Wildman–Crippen MR) is 134 cm³/mol. The summed E-state index contributed by atoms with van der Waals surface area (Å²) >= 11 is 2.40. The molecule has 0 saturated carbocycles. The molecule has 1 fully saturated rings. The van der Waals surface area contributed by atoms with Gasteiger partial charge in [0.25, 0.3) is 0 Å². The first kappa shape index (κ1) is 28.5. The number of hydrogen-bond donors (Lipinski definition) is 1. The van der Waals surface area contributed by atoms with E-state index in [0.29, 0.717) is 13.0 Å². The molecule has 3 atom stereocenters. The molecule has 1 aliphatic rings. The van der Waals surface area contributed by atoms with Crippen molar-refractivity contribution < 1.29 is 19.1 Å². The van der Waals surface area contributed by atoms with Gasteiger partial charge in [0.1, 0.15) is 11.3 Å². The number of hydrogen-bond acceptors (Lipinski definition) is 4. The molecule has 0 unspecified atom stereocenters. The Hall–Kier alpha value is -0.570. The number of ether oxygens (including phenoxy) is 2. The van der Waals surface area contributed by atoms with Crippen molar-refractivity contribution in [1.29, 1.82) is 0 Å². The Morgan fingerprint density at radius 2 is 1.84 bits per heavy atom. The van der Waals surface area contributed by atoms with Crippen molar-refractivity contribution >= 4 is 34.6 Å². The summed E-state index contributed by atoms with van der Waals surface area (Å²) in [4.78, 5) is 27.6. The number of unbranched alkanes of at least 4 members (excludes halogenated alkanes) is 1. The van der Waals surface area contributed by atoms with Crippen molar-refractivity contribution in [2.24, 2.45) is 11.3 Å². The number of nitrogens with one attached hydrogen (secondary N) is 1. The predicted octanol–water partition coefficient (Wildman–Crippen LogP) is 5.91. The van der Waals surface area contributed by atoms with E-state index in [1.54, 1.807) is 4.90 Å². The van der Waals surface area contributed by atoms with Crippen LogP contribution in [0.5, 0.6) is 0 Å². The van der Waals surface area contributed by atoms with Gasteiger partial charge in [0.2, 0.25) is 5.91 Å².